The van der Waals surface area contributed by atoms with Gasteiger partial charge in [0.2, 0.25) is 0 Å². The molecule has 0 aliphatic heterocycles. The molecule has 0 unspecified atom stereocenters. The lowest BCUT2D eigenvalue weighted by Crippen LogP contribution is -1.98. The van der Waals surface area contributed by atoms with Gasteiger partial charge in [0, 0.05) is 38.4 Å². The Morgan fingerprint density at radius 1 is 0.396 bits per heavy atom. The van der Waals surface area contributed by atoms with Crippen molar-refractivity contribution in [3.63, 3.8) is 0 Å². The van der Waals surface area contributed by atoms with Crippen LogP contribution < -0.4 is 0 Å². The maximum atomic E-state index is 10.5. The summed E-state index contributed by atoms with van der Waals surface area (Å²) >= 11 is 0. The van der Waals surface area contributed by atoms with Crippen LogP contribution in [0.5, 0.6) is 0 Å². The summed E-state index contributed by atoms with van der Waals surface area (Å²) in [4.78, 5) is 0. The number of rotatable bonds is 4. The van der Waals surface area contributed by atoms with E-state index in [1.54, 1.807) is 0 Å². The molecule has 0 spiro atoms. The van der Waals surface area contributed by atoms with Crippen LogP contribution in [0.3, 0.4) is 0 Å². The zero-order valence-corrected chi connectivity index (χ0v) is 25.8. The molecule has 0 N–H and O–H groups in total. The Hall–Kier alpha value is -6.88. The van der Waals surface area contributed by atoms with Crippen LogP contribution in [-0.4, -0.2) is 9.13 Å². The van der Waals surface area contributed by atoms with Gasteiger partial charge in [0.05, 0.1) is 51.0 Å². The number of fused-ring (bicyclic) bond motifs is 6. The van der Waals surface area contributed by atoms with Gasteiger partial charge >= 0.3 is 0 Å². The zero-order chi connectivity index (χ0) is 32.2. The molecule has 0 radical (unpaired) electrons. The van der Waals surface area contributed by atoms with Gasteiger partial charge < -0.3 is 9.13 Å². The summed E-state index contributed by atoms with van der Waals surface area (Å²) in [5.41, 5.74) is 11.5. The molecule has 0 bridgehead atoms. The molecule has 0 saturated heterocycles. The molecule has 4 heteroatoms. The van der Waals surface area contributed by atoms with Crippen molar-refractivity contribution < 1.29 is 0 Å². The number of para-hydroxylation sites is 4. The molecule has 2 aromatic heterocycles. The maximum absolute atomic E-state index is 10.5. The van der Waals surface area contributed by atoms with Crippen LogP contribution in [-0.2, 0) is 0 Å². The fourth-order valence-corrected chi connectivity index (χ4v) is 7.25. The molecule has 0 amide bonds. The van der Waals surface area contributed by atoms with E-state index in [0.29, 0.717) is 11.1 Å². The van der Waals surface area contributed by atoms with Crippen LogP contribution in [0.15, 0.2) is 158 Å². The molecule has 2 heterocycles. The van der Waals surface area contributed by atoms with E-state index in [-0.39, 0.29) is 0 Å². The predicted molar refractivity (Wildman–Crippen MR) is 195 cm³/mol. The van der Waals surface area contributed by atoms with Gasteiger partial charge in [-0.3, -0.25) is 0 Å². The first-order valence-corrected chi connectivity index (χ1v) is 15.9. The van der Waals surface area contributed by atoms with Gasteiger partial charge in [0.25, 0.3) is 0 Å². The van der Waals surface area contributed by atoms with Gasteiger partial charge in [-0.2, -0.15) is 10.5 Å². The Labute approximate surface area is 277 Å². The summed E-state index contributed by atoms with van der Waals surface area (Å²) in [5.74, 6) is 0. The molecule has 222 valence electrons. The fourth-order valence-electron chi connectivity index (χ4n) is 7.25. The molecule has 4 nitrogen and oxygen atoms in total. The highest BCUT2D eigenvalue weighted by Crippen LogP contribution is 2.39. The molecular formula is C44H26N4. The van der Waals surface area contributed by atoms with Crippen molar-refractivity contribution in [1.82, 2.24) is 9.13 Å². The number of hydrogen-bond donors (Lipinski definition) is 0. The van der Waals surface area contributed by atoms with E-state index in [1.165, 1.54) is 21.8 Å². The van der Waals surface area contributed by atoms with Crippen molar-refractivity contribution in [2.75, 3.05) is 0 Å². The van der Waals surface area contributed by atoms with Crippen molar-refractivity contribution in [3.8, 4) is 45.8 Å². The average molecular weight is 611 g/mol. The minimum absolute atomic E-state index is 0.602. The van der Waals surface area contributed by atoms with Crippen LogP contribution in [0.2, 0.25) is 0 Å². The molecule has 9 aromatic rings. The molecule has 0 atom stereocenters. The fraction of sp³-hybridized carbons (Fsp3) is 0. The van der Waals surface area contributed by atoms with E-state index in [9.17, 15) is 10.5 Å². The van der Waals surface area contributed by atoms with Gasteiger partial charge in [0.1, 0.15) is 0 Å². The van der Waals surface area contributed by atoms with E-state index in [0.717, 1.165) is 55.4 Å². The third-order valence-electron chi connectivity index (χ3n) is 9.42. The number of nitrogens with zero attached hydrogens (tertiary/aromatic N) is 4. The second kappa shape index (κ2) is 10.9. The van der Waals surface area contributed by atoms with E-state index >= 15 is 0 Å². The van der Waals surface area contributed by atoms with Crippen molar-refractivity contribution >= 4 is 43.6 Å². The zero-order valence-electron chi connectivity index (χ0n) is 25.8. The second-order valence-corrected chi connectivity index (χ2v) is 12.0. The molecule has 0 saturated carbocycles. The monoisotopic (exact) mass is 610 g/mol. The van der Waals surface area contributed by atoms with Crippen molar-refractivity contribution in [2.45, 2.75) is 0 Å². The number of aromatic nitrogens is 2. The molecule has 0 aliphatic carbocycles. The van der Waals surface area contributed by atoms with E-state index < -0.39 is 0 Å². The Bertz CT molecular complexity index is 2750. The Kier molecular flexibility index (Phi) is 6.22. The number of benzene rings is 7. The molecule has 9 rings (SSSR count). The van der Waals surface area contributed by atoms with Crippen LogP contribution >= 0.6 is 0 Å². The molecule has 48 heavy (non-hydrogen) atoms. The minimum atomic E-state index is 0.602. The average Bonchev–Trinajstić information content (AvgIpc) is 3.67. The normalized spacial score (nSPS) is 11.3. The number of hydrogen-bond acceptors (Lipinski definition) is 2. The van der Waals surface area contributed by atoms with E-state index in [2.05, 4.69) is 130 Å². The largest absolute Gasteiger partial charge is 0.309 e. The maximum Gasteiger partial charge on any atom is 0.0998 e. The van der Waals surface area contributed by atoms with Gasteiger partial charge in [0.15, 0.2) is 0 Å². The summed E-state index contributed by atoms with van der Waals surface area (Å²) in [7, 11) is 0. The van der Waals surface area contributed by atoms with Crippen molar-refractivity contribution in [2.24, 2.45) is 0 Å². The molecular weight excluding hydrogens is 585 g/mol. The Balaban J connectivity index is 1.15. The second-order valence-electron chi connectivity index (χ2n) is 12.0. The predicted octanol–water partition coefficient (Wildman–Crippen LogP) is 11.0. The summed E-state index contributed by atoms with van der Waals surface area (Å²) < 4.78 is 4.52. The first-order chi connectivity index (χ1) is 23.7. The SMILES string of the molecule is N#Cc1ccc2c3ccccc3n(-c3ccccc3-c3ccc(-c4ccc(-n5c6ccccc6c6ccccc65)cc4)cc3C#N)c2c1. The van der Waals surface area contributed by atoms with Gasteiger partial charge in [-0.15, -0.1) is 0 Å². The summed E-state index contributed by atoms with van der Waals surface area (Å²) in [6.07, 6.45) is 0. The van der Waals surface area contributed by atoms with Crippen LogP contribution in [0.4, 0.5) is 0 Å². The summed E-state index contributed by atoms with van der Waals surface area (Å²) in [6.45, 7) is 0. The topological polar surface area (TPSA) is 57.4 Å². The van der Waals surface area contributed by atoms with Crippen molar-refractivity contribution in [3.05, 3.63) is 169 Å². The van der Waals surface area contributed by atoms with Crippen molar-refractivity contribution in [1.29, 1.82) is 10.5 Å². The van der Waals surface area contributed by atoms with E-state index in [4.69, 9.17) is 0 Å². The number of nitriles is 2. The summed E-state index contributed by atoms with van der Waals surface area (Å²) in [5, 5.41) is 24.8. The highest BCUT2D eigenvalue weighted by atomic mass is 15.0. The highest BCUT2D eigenvalue weighted by Gasteiger charge is 2.18. The Morgan fingerprint density at radius 2 is 0.958 bits per heavy atom. The molecule has 0 aliphatic rings. The minimum Gasteiger partial charge on any atom is -0.309 e. The first kappa shape index (κ1) is 27.4. The van der Waals surface area contributed by atoms with Gasteiger partial charge in [-0.25, -0.2) is 0 Å². The van der Waals surface area contributed by atoms with Gasteiger partial charge in [-0.05, 0) is 65.7 Å². The van der Waals surface area contributed by atoms with Crippen LogP contribution in [0.25, 0.3) is 77.2 Å². The quantitative estimate of drug-likeness (QED) is 0.199. The third kappa shape index (κ3) is 4.14. The Morgan fingerprint density at radius 3 is 1.60 bits per heavy atom. The first-order valence-electron chi connectivity index (χ1n) is 15.9. The van der Waals surface area contributed by atoms with Crippen LogP contribution in [0.1, 0.15) is 11.1 Å². The lowest BCUT2D eigenvalue weighted by molar-refractivity contribution is 1.18. The molecule has 0 fully saturated rings. The third-order valence-corrected chi connectivity index (χ3v) is 9.42. The molecule has 7 aromatic carbocycles. The highest BCUT2D eigenvalue weighted by molar-refractivity contribution is 6.10. The standard InChI is InChI=1S/C44H26N4/c45-27-29-17-23-39-38-12-4-8-16-43(38)48(44(39)25-29)42-15-7-1-9-35(42)34-24-20-31(26-32(34)28-46)30-18-21-33(22-19-30)47-40-13-5-2-10-36(40)37-11-3-6-14-41(37)47/h1-26H. The summed E-state index contributed by atoms with van der Waals surface area (Å²) in [6, 6.07) is 58.9. The lowest BCUT2D eigenvalue weighted by atomic mass is 9.94. The van der Waals surface area contributed by atoms with Gasteiger partial charge in [-0.1, -0.05) is 103 Å². The van der Waals surface area contributed by atoms with Crippen LogP contribution in [0, 0.1) is 22.7 Å². The lowest BCUT2D eigenvalue weighted by Gasteiger charge is -2.16. The smallest absolute Gasteiger partial charge is 0.0998 e. The van der Waals surface area contributed by atoms with E-state index in [1.807, 2.05) is 48.5 Å².